The molecule has 4 aliphatic rings. The fraction of sp³-hybridized carbons (Fsp3) is 0.222. The topological polar surface area (TPSA) is 54.5 Å². The molecule has 1 heterocycles. The summed E-state index contributed by atoms with van der Waals surface area (Å²) in [7, 11) is 0. The summed E-state index contributed by atoms with van der Waals surface area (Å²) in [6.45, 7) is 3.86. The molecule has 1 aliphatic heterocycles. The Bertz CT molecular complexity index is 1260. The van der Waals surface area contributed by atoms with Crippen LogP contribution in [0.3, 0.4) is 0 Å². The Labute approximate surface area is 180 Å². The highest BCUT2D eigenvalue weighted by Crippen LogP contribution is 2.63. The first-order valence-corrected chi connectivity index (χ1v) is 10.6. The van der Waals surface area contributed by atoms with Gasteiger partial charge in [-0.05, 0) is 53.3 Å². The van der Waals surface area contributed by atoms with Crippen molar-refractivity contribution in [2.45, 2.75) is 25.2 Å². The smallest absolute Gasteiger partial charge is 0.239 e. The van der Waals surface area contributed by atoms with E-state index in [0.717, 1.165) is 39.7 Å². The highest BCUT2D eigenvalue weighted by atomic mass is 16.2. The summed E-state index contributed by atoms with van der Waals surface area (Å²) in [6.07, 6.45) is 0.912. The van der Waals surface area contributed by atoms with Gasteiger partial charge in [0.1, 0.15) is 6.29 Å². The first-order chi connectivity index (χ1) is 15.0. The fourth-order valence-electron chi connectivity index (χ4n) is 6.23. The molecule has 2 amide bonds. The Morgan fingerprint density at radius 1 is 0.839 bits per heavy atom. The van der Waals surface area contributed by atoms with Gasteiger partial charge in [0.15, 0.2) is 0 Å². The number of carbonyl (C=O) groups is 3. The van der Waals surface area contributed by atoms with Gasteiger partial charge in [0.25, 0.3) is 0 Å². The van der Waals surface area contributed by atoms with E-state index >= 15 is 0 Å². The summed E-state index contributed by atoms with van der Waals surface area (Å²) < 4.78 is 0. The number of hydrogen-bond donors (Lipinski definition) is 0. The van der Waals surface area contributed by atoms with Gasteiger partial charge in [-0.15, -0.1) is 0 Å². The highest BCUT2D eigenvalue weighted by molar-refractivity contribution is 6.25. The summed E-state index contributed by atoms with van der Waals surface area (Å²) in [5.74, 6) is -2.02. The minimum Gasteiger partial charge on any atom is -0.302 e. The lowest BCUT2D eigenvalue weighted by molar-refractivity contribution is -0.128. The summed E-state index contributed by atoms with van der Waals surface area (Å²) in [4.78, 5) is 42.1. The first-order valence-electron chi connectivity index (χ1n) is 10.6. The van der Waals surface area contributed by atoms with Crippen molar-refractivity contribution in [1.29, 1.82) is 0 Å². The van der Waals surface area contributed by atoms with E-state index in [-0.39, 0.29) is 17.7 Å². The van der Waals surface area contributed by atoms with E-state index in [1.54, 1.807) is 0 Å². The van der Waals surface area contributed by atoms with Crippen LogP contribution in [0.25, 0.3) is 0 Å². The second-order valence-corrected chi connectivity index (χ2v) is 8.94. The SMILES string of the molecule is Cc1ccc(C)c(N2C(=O)[C@@H]3[C@@H](C2=O)C2c4ccccc4C3(C=O)c3ccccc32)c1. The van der Waals surface area contributed by atoms with Crippen molar-refractivity contribution < 1.29 is 14.4 Å². The fourth-order valence-corrected chi connectivity index (χ4v) is 6.23. The lowest BCUT2D eigenvalue weighted by Crippen LogP contribution is -2.54. The lowest BCUT2D eigenvalue weighted by Gasteiger charge is -2.51. The number of aryl methyl sites for hydroxylation is 2. The molecule has 3 aliphatic carbocycles. The zero-order chi connectivity index (χ0) is 21.5. The third-order valence-corrected chi connectivity index (χ3v) is 7.48. The lowest BCUT2D eigenvalue weighted by atomic mass is 9.48. The number of amides is 2. The van der Waals surface area contributed by atoms with E-state index in [1.165, 1.54) is 4.90 Å². The maximum Gasteiger partial charge on any atom is 0.239 e. The molecule has 4 heteroatoms. The van der Waals surface area contributed by atoms with Crippen molar-refractivity contribution >= 4 is 23.8 Å². The van der Waals surface area contributed by atoms with Crippen molar-refractivity contribution in [3.8, 4) is 0 Å². The zero-order valence-corrected chi connectivity index (χ0v) is 17.3. The number of aldehydes is 1. The maximum absolute atomic E-state index is 13.9. The van der Waals surface area contributed by atoms with Crippen molar-refractivity contribution in [1.82, 2.24) is 0 Å². The van der Waals surface area contributed by atoms with Gasteiger partial charge in [-0.1, -0.05) is 60.7 Å². The molecule has 0 N–H and O–H groups in total. The van der Waals surface area contributed by atoms with Gasteiger partial charge in [-0.2, -0.15) is 0 Å². The molecule has 0 aromatic heterocycles. The standard InChI is InChI=1S/C27H21NO3/c1-15-11-12-16(2)21(13-15)28-25(30)23-22-17-7-3-5-9-19(17)27(14-29,24(23)26(28)31)20-10-6-4-8-18(20)22/h3-14,22-24H,1-2H3/t22?,23-,24-,27?/m0/s1. The molecule has 3 aromatic rings. The van der Waals surface area contributed by atoms with Gasteiger partial charge >= 0.3 is 0 Å². The van der Waals surface area contributed by atoms with Crippen LogP contribution in [-0.2, 0) is 19.8 Å². The predicted molar refractivity (Wildman–Crippen MR) is 117 cm³/mol. The van der Waals surface area contributed by atoms with Crippen LogP contribution in [0.4, 0.5) is 5.69 Å². The van der Waals surface area contributed by atoms with Crippen LogP contribution in [0, 0.1) is 25.7 Å². The first kappa shape index (κ1) is 18.3. The molecular formula is C27H21NO3. The minimum atomic E-state index is -1.15. The van der Waals surface area contributed by atoms with Gasteiger partial charge in [0.05, 0.1) is 22.9 Å². The predicted octanol–water partition coefficient (Wildman–Crippen LogP) is 4.05. The average molecular weight is 407 g/mol. The Balaban J connectivity index is 1.66. The van der Waals surface area contributed by atoms with Crippen molar-refractivity contribution in [3.05, 3.63) is 100 Å². The summed E-state index contributed by atoms with van der Waals surface area (Å²) in [5, 5.41) is 0. The molecular weight excluding hydrogens is 386 g/mol. The van der Waals surface area contributed by atoms with Gasteiger partial charge in [0.2, 0.25) is 11.8 Å². The normalized spacial score (nSPS) is 27.7. The molecule has 4 nitrogen and oxygen atoms in total. The molecule has 0 spiro atoms. The summed E-state index contributed by atoms with van der Waals surface area (Å²) in [5.41, 5.74) is 5.02. The molecule has 31 heavy (non-hydrogen) atoms. The van der Waals surface area contributed by atoms with E-state index in [0.29, 0.717) is 5.69 Å². The minimum absolute atomic E-state index is 0.205. The van der Waals surface area contributed by atoms with Crippen molar-refractivity contribution in [2.75, 3.05) is 4.90 Å². The van der Waals surface area contributed by atoms with Crippen molar-refractivity contribution in [2.24, 2.45) is 11.8 Å². The molecule has 3 aromatic carbocycles. The number of anilines is 1. The second kappa shape index (κ2) is 6.01. The Morgan fingerprint density at radius 2 is 1.45 bits per heavy atom. The number of imide groups is 1. The molecule has 1 fully saturated rings. The van der Waals surface area contributed by atoms with E-state index in [2.05, 4.69) is 0 Å². The number of benzene rings is 3. The Morgan fingerprint density at radius 3 is 2.06 bits per heavy atom. The number of carbonyl (C=O) groups excluding carboxylic acids is 3. The van der Waals surface area contributed by atoms with Gasteiger partial charge < -0.3 is 4.79 Å². The van der Waals surface area contributed by atoms with E-state index in [4.69, 9.17) is 0 Å². The van der Waals surface area contributed by atoms with Crippen LogP contribution >= 0.6 is 0 Å². The van der Waals surface area contributed by atoms with Crippen LogP contribution in [0.5, 0.6) is 0 Å². The Hall–Kier alpha value is -3.53. The quantitative estimate of drug-likeness (QED) is 0.476. The zero-order valence-electron chi connectivity index (χ0n) is 17.3. The van der Waals surface area contributed by atoms with E-state index < -0.39 is 17.3 Å². The number of nitrogens with zero attached hydrogens (tertiary/aromatic N) is 1. The molecule has 0 unspecified atom stereocenters. The average Bonchev–Trinajstić information content (AvgIpc) is 3.06. The molecule has 0 saturated carbocycles. The molecule has 152 valence electrons. The van der Waals surface area contributed by atoms with Crippen LogP contribution in [0.15, 0.2) is 66.7 Å². The third-order valence-electron chi connectivity index (χ3n) is 7.48. The maximum atomic E-state index is 13.9. The third kappa shape index (κ3) is 2.03. The highest BCUT2D eigenvalue weighted by Gasteiger charge is 2.68. The van der Waals surface area contributed by atoms with Crippen LogP contribution in [0.2, 0.25) is 0 Å². The number of rotatable bonds is 2. The van der Waals surface area contributed by atoms with Gasteiger partial charge in [0, 0.05) is 5.92 Å². The molecule has 1 saturated heterocycles. The molecule has 2 bridgehead atoms. The van der Waals surface area contributed by atoms with Crippen LogP contribution < -0.4 is 4.90 Å². The largest absolute Gasteiger partial charge is 0.302 e. The molecule has 2 atom stereocenters. The van der Waals surface area contributed by atoms with Gasteiger partial charge in [-0.3, -0.25) is 9.59 Å². The monoisotopic (exact) mass is 407 g/mol. The summed E-state index contributed by atoms with van der Waals surface area (Å²) in [6, 6.07) is 21.4. The van der Waals surface area contributed by atoms with E-state index in [1.807, 2.05) is 80.6 Å². The van der Waals surface area contributed by atoms with Crippen LogP contribution in [0.1, 0.15) is 39.3 Å². The van der Waals surface area contributed by atoms with E-state index in [9.17, 15) is 14.4 Å². The Kier molecular flexibility index (Phi) is 3.54. The number of hydrogen-bond acceptors (Lipinski definition) is 3. The molecule has 0 radical (unpaired) electrons. The van der Waals surface area contributed by atoms with Gasteiger partial charge in [-0.25, -0.2) is 4.90 Å². The van der Waals surface area contributed by atoms with Crippen LogP contribution in [-0.4, -0.2) is 18.1 Å². The second-order valence-electron chi connectivity index (χ2n) is 8.94. The molecule has 7 rings (SSSR count). The summed E-state index contributed by atoms with van der Waals surface area (Å²) >= 11 is 0. The van der Waals surface area contributed by atoms with Crippen molar-refractivity contribution in [3.63, 3.8) is 0 Å².